The molecule has 0 aliphatic rings. The molecule has 5 heteroatoms. The number of aromatic nitrogens is 2. The van der Waals surface area contributed by atoms with Crippen molar-refractivity contribution in [1.82, 2.24) is 9.72 Å². The lowest BCUT2D eigenvalue weighted by Crippen LogP contribution is -1.90. The first-order chi connectivity index (χ1) is 8.59. The van der Waals surface area contributed by atoms with Gasteiger partial charge in [0, 0.05) is 39.7 Å². The van der Waals surface area contributed by atoms with Gasteiger partial charge in [0.1, 0.15) is 5.69 Å². The summed E-state index contributed by atoms with van der Waals surface area (Å²) in [6, 6.07) is 7.88. The highest BCUT2D eigenvalue weighted by atomic mass is 79.9. The minimum absolute atomic E-state index is 0.327. The molecular weight excluding hydrogens is 294 g/mol. The zero-order valence-corrected chi connectivity index (χ0v) is 11.7. The SMILES string of the molecule is Cc1c(-c2cc(N)on2)c2c(Br)cccc2n1C. The van der Waals surface area contributed by atoms with E-state index in [1.165, 1.54) is 0 Å². The first-order valence-corrected chi connectivity index (χ1v) is 6.35. The van der Waals surface area contributed by atoms with Gasteiger partial charge in [-0.15, -0.1) is 0 Å². The second kappa shape index (κ2) is 3.88. The van der Waals surface area contributed by atoms with E-state index in [1.54, 1.807) is 6.07 Å². The first-order valence-electron chi connectivity index (χ1n) is 5.55. The number of nitrogens with zero attached hydrogens (tertiary/aromatic N) is 2. The van der Waals surface area contributed by atoms with Crippen molar-refractivity contribution in [2.45, 2.75) is 6.92 Å². The van der Waals surface area contributed by atoms with Crippen molar-refractivity contribution in [3.8, 4) is 11.3 Å². The van der Waals surface area contributed by atoms with Crippen molar-refractivity contribution >= 4 is 32.7 Å². The molecule has 2 N–H and O–H groups in total. The highest BCUT2D eigenvalue weighted by Crippen LogP contribution is 2.38. The quantitative estimate of drug-likeness (QED) is 0.749. The number of hydrogen-bond donors (Lipinski definition) is 1. The van der Waals surface area contributed by atoms with Crippen molar-refractivity contribution in [3.05, 3.63) is 34.4 Å². The lowest BCUT2D eigenvalue weighted by Gasteiger charge is -1.97. The van der Waals surface area contributed by atoms with E-state index in [0.29, 0.717) is 5.88 Å². The highest BCUT2D eigenvalue weighted by molar-refractivity contribution is 9.10. The van der Waals surface area contributed by atoms with Gasteiger partial charge in [0.2, 0.25) is 5.88 Å². The minimum Gasteiger partial charge on any atom is -0.368 e. The smallest absolute Gasteiger partial charge is 0.222 e. The van der Waals surface area contributed by atoms with E-state index in [2.05, 4.69) is 38.6 Å². The number of benzene rings is 1. The highest BCUT2D eigenvalue weighted by Gasteiger charge is 2.18. The summed E-state index contributed by atoms with van der Waals surface area (Å²) in [5.41, 5.74) is 9.71. The summed E-state index contributed by atoms with van der Waals surface area (Å²) in [5.74, 6) is 0.327. The molecular formula is C13H12BrN3O. The van der Waals surface area contributed by atoms with Crippen LogP contribution < -0.4 is 5.73 Å². The molecule has 4 nitrogen and oxygen atoms in total. The summed E-state index contributed by atoms with van der Waals surface area (Å²) >= 11 is 3.60. The maximum absolute atomic E-state index is 5.61. The van der Waals surface area contributed by atoms with Crippen molar-refractivity contribution < 1.29 is 4.52 Å². The van der Waals surface area contributed by atoms with E-state index in [9.17, 15) is 0 Å². The van der Waals surface area contributed by atoms with Crippen molar-refractivity contribution in [2.75, 3.05) is 5.73 Å². The number of halogens is 1. The third-order valence-corrected chi connectivity index (χ3v) is 3.91. The molecule has 0 spiro atoms. The fourth-order valence-corrected chi connectivity index (χ4v) is 2.84. The Morgan fingerprint density at radius 2 is 2.17 bits per heavy atom. The van der Waals surface area contributed by atoms with Gasteiger partial charge in [0.15, 0.2) is 0 Å². The maximum Gasteiger partial charge on any atom is 0.222 e. The lowest BCUT2D eigenvalue weighted by molar-refractivity contribution is 0.439. The van der Waals surface area contributed by atoms with Gasteiger partial charge >= 0.3 is 0 Å². The van der Waals surface area contributed by atoms with Gasteiger partial charge in [-0.3, -0.25) is 0 Å². The third-order valence-electron chi connectivity index (χ3n) is 3.25. The molecule has 1 aromatic carbocycles. The number of hydrogen-bond acceptors (Lipinski definition) is 3. The number of nitrogen functional groups attached to an aromatic ring is 1. The Kier molecular flexibility index (Phi) is 2.45. The molecule has 92 valence electrons. The van der Waals surface area contributed by atoms with E-state index < -0.39 is 0 Å². The van der Waals surface area contributed by atoms with Gasteiger partial charge in [0.25, 0.3) is 0 Å². The molecule has 0 aliphatic heterocycles. The van der Waals surface area contributed by atoms with Gasteiger partial charge in [-0.1, -0.05) is 27.2 Å². The summed E-state index contributed by atoms with van der Waals surface area (Å²) in [6.45, 7) is 2.06. The van der Waals surface area contributed by atoms with Crippen LogP contribution in [0.2, 0.25) is 0 Å². The summed E-state index contributed by atoms with van der Waals surface area (Å²) in [6.07, 6.45) is 0. The number of aryl methyl sites for hydroxylation is 1. The molecule has 3 aromatic rings. The summed E-state index contributed by atoms with van der Waals surface area (Å²) in [4.78, 5) is 0. The Morgan fingerprint density at radius 3 is 2.83 bits per heavy atom. The van der Waals surface area contributed by atoms with Crippen LogP contribution in [0.15, 0.2) is 33.3 Å². The first kappa shape index (κ1) is 11.3. The van der Waals surface area contributed by atoms with Gasteiger partial charge in [0.05, 0.1) is 0 Å². The fraction of sp³-hybridized carbons (Fsp3) is 0.154. The zero-order valence-electron chi connectivity index (χ0n) is 10.1. The molecule has 0 bridgehead atoms. The van der Waals surface area contributed by atoms with Crippen molar-refractivity contribution in [2.24, 2.45) is 7.05 Å². The monoisotopic (exact) mass is 305 g/mol. The molecule has 3 rings (SSSR count). The molecule has 0 unspecified atom stereocenters. The Balaban J connectivity index is 2.45. The minimum atomic E-state index is 0.327. The second-order valence-electron chi connectivity index (χ2n) is 4.27. The topological polar surface area (TPSA) is 57.0 Å². The zero-order chi connectivity index (χ0) is 12.9. The van der Waals surface area contributed by atoms with E-state index >= 15 is 0 Å². The van der Waals surface area contributed by atoms with E-state index in [1.807, 2.05) is 19.2 Å². The molecule has 0 amide bonds. The Hall–Kier alpha value is -1.75. The summed E-state index contributed by atoms with van der Waals surface area (Å²) in [5, 5.41) is 5.15. The molecule has 18 heavy (non-hydrogen) atoms. The molecule has 0 fully saturated rings. The van der Waals surface area contributed by atoms with Crippen LogP contribution >= 0.6 is 15.9 Å². The van der Waals surface area contributed by atoms with Gasteiger partial charge in [-0.25, -0.2) is 0 Å². The van der Waals surface area contributed by atoms with Crippen LogP contribution in [0.4, 0.5) is 5.88 Å². The van der Waals surface area contributed by atoms with Crippen molar-refractivity contribution in [1.29, 1.82) is 0 Å². The van der Waals surface area contributed by atoms with Gasteiger partial charge in [-0.2, -0.15) is 0 Å². The number of fused-ring (bicyclic) bond motifs is 1. The molecule has 0 radical (unpaired) electrons. The largest absolute Gasteiger partial charge is 0.368 e. The molecule has 0 saturated carbocycles. The Bertz CT molecular complexity index is 742. The van der Waals surface area contributed by atoms with E-state index in [4.69, 9.17) is 10.3 Å². The molecule has 0 aliphatic carbocycles. The van der Waals surface area contributed by atoms with Crippen LogP contribution in [0.3, 0.4) is 0 Å². The van der Waals surface area contributed by atoms with Crippen LogP contribution in [0.25, 0.3) is 22.2 Å². The molecule has 0 saturated heterocycles. The summed E-state index contributed by atoms with van der Waals surface area (Å²) in [7, 11) is 2.04. The summed E-state index contributed by atoms with van der Waals surface area (Å²) < 4.78 is 8.16. The second-order valence-corrected chi connectivity index (χ2v) is 5.12. The third kappa shape index (κ3) is 1.47. The Morgan fingerprint density at radius 1 is 1.39 bits per heavy atom. The van der Waals surface area contributed by atoms with Crippen molar-refractivity contribution in [3.63, 3.8) is 0 Å². The van der Waals surface area contributed by atoms with Crippen LogP contribution in [0.1, 0.15) is 5.69 Å². The average Bonchev–Trinajstić information content (AvgIpc) is 2.86. The van der Waals surface area contributed by atoms with Crippen LogP contribution in [-0.4, -0.2) is 9.72 Å². The van der Waals surface area contributed by atoms with E-state index in [0.717, 1.165) is 32.3 Å². The fourth-order valence-electron chi connectivity index (χ4n) is 2.29. The predicted molar refractivity (Wildman–Crippen MR) is 75.3 cm³/mol. The molecule has 0 atom stereocenters. The molecule has 2 aromatic heterocycles. The normalized spacial score (nSPS) is 11.3. The predicted octanol–water partition coefficient (Wildman–Crippen LogP) is 3.49. The van der Waals surface area contributed by atoms with Crippen LogP contribution in [-0.2, 0) is 7.05 Å². The van der Waals surface area contributed by atoms with Crippen LogP contribution in [0.5, 0.6) is 0 Å². The number of rotatable bonds is 1. The van der Waals surface area contributed by atoms with Gasteiger partial charge < -0.3 is 14.8 Å². The number of nitrogens with two attached hydrogens (primary N) is 1. The van der Waals surface area contributed by atoms with Crippen LogP contribution in [0, 0.1) is 6.92 Å². The Labute approximate surface area is 112 Å². The lowest BCUT2D eigenvalue weighted by atomic mass is 10.1. The number of anilines is 1. The van der Waals surface area contributed by atoms with Gasteiger partial charge in [-0.05, 0) is 19.1 Å². The maximum atomic E-state index is 5.61. The standard InChI is InChI=1S/C13H12BrN3O/c1-7-12(9-6-11(15)18-16-9)13-8(14)4-3-5-10(13)17(7)2/h3-6H,15H2,1-2H3. The van der Waals surface area contributed by atoms with E-state index in [-0.39, 0.29) is 0 Å². The average molecular weight is 306 g/mol. The molecule has 2 heterocycles.